The van der Waals surface area contributed by atoms with E-state index in [-0.39, 0.29) is 11.8 Å². The van der Waals surface area contributed by atoms with E-state index >= 15 is 0 Å². The van der Waals surface area contributed by atoms with Gasteiger partial charge in [0.2, 0.25) is 0 Å². The van der Waals surface area contributed by atoms with E-state index in [4.69, 9.17) is 30.5 Å². The Morgan fingerprint density at radius 3 is 2.36 bits per heavy atom. The molecule has 6 N–H and O–H groups in total. The minimum atomic E-state index is -0.833. The van der Waals surface area contributed by atoms with Gasteiger partial charge in [0.1, 0.15) is 11.9 Å². The van der Waals surface area contributed by atoms with Crippen molar-refractivity contribution in [2.24, 2.45) is 5.73 Å². The molecule has 13 nitrogen and oxygen atoms in total. The molecular weight excluding hydrogens is 504 g/mol. The number of carboxylic acid groups (broad SMARTS) is 1. The molecule has 0 aliphatic heterocycles. The number of nitrogen functional groups attached to an aromatic ring is 1. The Hall–Kier alpha value is -5.20. The molecule has 0 amide bonds. The quantitative estimate of drug-likeness (QED) is 0.157. The summed E-state index contributed by atoms with van der Waals surface area (Å²) in [6.07, 6.45) is 3.78. The van der Waals surface area contributed by atoms with Crippen LogP contribution in [-0.2, 0) is 11.2 Å². The molecule has 2 aromatic carbocycles. The van der Waals surface area contributed by atoms with Crippen LogP contribution in [0.5, 0.6) is 11.5 Å². The van der Waals surface area contributed by atoms with Crippen molar-refractivity contribution in [3.05, 3.63) is 87.9 Å². The molecule has 0 aliphatic rings. The Labute approximate surface area is 224 Å². The van der Waals surface area contributed by atoms with Crippen LogP contribution >= 0.6 is 0 Å². The number of amidine groups is 1. The second-order valence-electron chi connectivity index (χ2n) is 8.13. The van der Waals surface area contributed by atoms with Crippen molar-refractivity contribution in [2.45, 2.75) is 26.3 Å². The topological polar surface area (TPSA) is 194 Å². The van der Waals surface area contributed by atoms with Crippen molar-refractivity contribution in [1.29, 1.82) is 5.41 Å². The van der Waals surface area contributed by atoms with Gasteiger partial charge in [-0.1, -0.05) is 6.92 Å². The molecule has 0 bridgehead atoms. The lowest BCUT2D eigenvalue weighted by atomic mass is 10.00. The summed E-state index contributed by atoms with van der Waals surface area (Å²) in [6, 6.07) is 12.0. The molecule has 4 aromatic rings. The van der Waals surface area contributed by atoms with Gasteiger partial charge in [-0.3, -0.25) is 15.2 Å². The number of aryl methyl sites for hydroxylation is 1. The highest BCUT2D eigenvalue weighted by Gasteiger charge is 2.24. The van der Waals surface area contributed by atoms with Crippen LogP contribution in [0.1, 0.15) is 42.4 Å². The third-order valence-electron chi connectivity index (χ3n) is 5.45. The number of aliphatic carboxylic acids is 1. The molecule has 4 rings (SSSR count). The lowest BCUT2D eigenvalue weighted by Crippen LogP contribution is -2.18. The average Bonchev–Trinajstić information content (AvgIpc) is 3.32. The Kier molecular flexibility index (Phi) is 9.35. The highest BCUT2D eigenvalue weighted by Crippen LogP contribution is 2.37. The van der Waals surface area contributed by atoms with E-state index in [2.05, 4.69) is 25.4 Å². The van der Waals surface area contributed by atoms with Gasteiger partial charge in [-0.25, -0.2) is 14.8 Å². The van der Waals surface area contributed by atoms with Crippen molar-refractivity contribution in [2.75, 3.05) is 19.5 Å². The smallest absolute Gasteiger partial charge is 0.350 e. The summed E-state index contributed by atoms with van der Waals surface area (Å²) in [5, 5.41) is 22.9. The molecule has 0 radical (unpaired) electrons. The van der Waals surface area contributed by atoms with Crippen LogP contribution in [0.2, 0.25) is 0 Å². The minimum absolute atomic E-state index is 0.0217. The molecule has 39 heavy (non-hydrogen) atoms. The first kappa shape index (κ1) is 28.4. The van der Waals surface area contributed by atoms with Crippen LogP contribution in [0.3, 0.4) is 0 Å². The number of methoxy groups -OCH3 is 2. The first-order valence-electron chi connectivity index (χ1n) is 11.8. The van der Waals surface area contributed by atoms with E-state index in [9.17, 15) is 4.79 Å². The van der Waals surface area contributed by atoms with Gasteiger partial charge in [-0.05, 0) is 60.0 Å². The maximum absolute atomic E-state index is 12.7. The van der Waals surface area contributed by atoms with E-state index in [1.807, 2.05) is 19.1 Å². The zero-order valence-electron chi connectivity index (χ0n) is 21.9. The third-order valence-corrected chi connectivity index (χ3v) is 5.45. The molecule has 0 saturated carbocycles. The second kappa shape index (κ2) is 12.9. The van der Waals surface area contributed by atoms with Crippen molar-refractivity contribution < 1.29 is 19.4 Å². The van der Waals surface area contributed by atoms with Gasteiger partial charge in [0.05, 0.1) is 14.2 Å². The number of nitrogens with one attached hydrogen (secondary N) is 3. The van der Waals surface area contributed by atoms with E-state index in [1.54, 1.807) is 44.6 Å². The zero-order valence-corrected chi connectivity index (χ0v) is 21.9. The van der Waals surface area contributed by atoms with Gasteiger partial charge in [-0.15, -0.1) is 9.78 Å². The predicted molar refractivity (Wildman–Crippen MR) is 145 cm³/mol. The lowest BCUT2D eigenvalue weighted by Gasteiger charge is -2.21. The molecular formula is C26H30N8O5. The van der Waals surface area contributed by atoms with Crippen molar-refractivity contribution >= 4 is 17.5 Å². The first-order chi connectivity index (χ1) is 18.7. The summed E-state index contributed by atoms with van der Waals surface area (Å²) in [5.74, 6) is 0.874. The number of H-pyrrole nitrogens is 1. The molecule has 2 aromatic heterocycles. The minimum Gasteiger partial charge on any atom is -0.493 e. The number of hydrogen-bond acceptors (Lipinski definition) is 9. The molecule has 204 valence electrons. The maximum atomic E-state index is 12.7. The van der Waals surface area contributed by atoms with E-state index in [0.29, 0.717) is 29.3 Å². The van der Waals surface area contributed by atoms with Crippen molar-refractivity contribution in [1.82, 2.24) is 24.7 Å². The number of carbonyl (C=O) groups is 1. The molecule has 0 saturated heterocycles. The normalized spacial score (nSPS) is 11.1. The Bertz CT molecular complexity index is 1450. The number of aromatic amines is 1. The summed E-state index contributed by atoms with van der Waals surface area (Å²) < 4.78 is 12.3. The Morgan fingerprint density at radius 1 is 1.18 bits per heavy atom. The SMILES string of the molecule is CC(=O)O.CCc1cc(C(Nc2ccc(C(=N)N)cc2)c2nn(-c3ncccn3)c(=O)[nH]2)cc(OC)c1OC. The number of benzene rings is 2. The third kappa shape index (κ3) is 6.97. The number of carboxylic acids is 1. The first-order valence-corrected chi connectivity index (χ1v) is 11.8. The molecule has 2 heterocycles. The van der Waals surface area contributed by atoms with Crippen LogP contribution in [0.25, 0.3) is 5.95 Å². The molecule has 0 spiro atoms. The van der Waals surface area contributed by atoms with Crippen molar-refractivity contribution in [3.8, 4) is 17.4 Å². The molecule has 1 atom stereocenters. The number of nitrogens with two attached hydrogens (primary N) is 1. The largest absolute Gasteiger partial charge is 0.493 e. The molecule has 0 aliphatic carbocycles. The zero-order chi connectivity index (χ0) is 28.5. The number of nitrogens with zero attached hydrogens (tertiary/aromatic N) is 4. The van der Waals surface area contributed by atoms with Crippen LogP contribution in [0.15, 0.2) is 59.7 Å². The average molecular weight is 535 g/mol. The Morgan fingerprint density at radius 2 is 1.82 bits per heavy atom. The highest BCUT2D eigenvalue weighted by atomic mass is 16.5. The Balaban J connectivity index is 0.000000983. The summed E-state index contributed by atoms with van der Waals surface area (Å²) in [5.41, 5.74) is 8.19. The van der Waals surface area contributed by atoms with Gasteiger partial charge >= 0.3 is 5.69 Å². The van der Waals surface area contributed by atoms with Gasteiger partial charge in [0, 0.05) is 30.6 Å². The summed E-state index contributed by atoms with van der Waals surface area (Å²) in [6.45, 7) is 3.10. The van der Waals surface area contributed by atoms with Crippen LogP contribution in [0, 0.1) is 5.41 Å². The fourth-order valence-corrected chi connectivity index (χ4v) is 3.73. The summed E-state index contributed by atoms with van der Waals surface area (Å²) >= 11 is 0. The number of aromatic nitrogens is 5. The van der Waals surface area contributed by atoms with Gasteiger partial charge in [-0.2, -0.15) is 0 Å². The molecule has 0 fully saturated rings. The standard InChI is InChI=1S/C24H26N8O3.C2H4O2/c1-4-14-12-16(13-18(34-2)20(14)35-3)19(29-17-8-6-15(7-9-17)21(25)26)22-30-24(33)32(31-22)23-27-10-5-11-28-23;1-2(3)4/h5-13,19,29H,4H2,1-3H3,(H3,25,26)(H,30,31,33);1H3,(H,3,4). The van der Waals surface area contributed by atoms with Crippen LogP contribution in [-0.4, -0.2) is 55.9 Å². The van der Waals surface area contributed by atoms with Gasteiger partial charge < -0.3 is 25.6 Å². The number of hydrogen-bond donors (Lipinski definition) is 5. The fourth-order valence-electron chi connectivity index (χ4n) is 3.73. The highest BCUT2D eigenvalue weighted by molar-refractivity contribution is 5.95. The maximum Gasteiger partial charge on any atom is 0.350 e. The fraction of sp³-hybridized carbons (Fsp3) is 0.231. The van der Waals surface area contributed by atoms with E-state index in [1.165, 1.54) is 12.4 Å². The number of anilines is 1. The summed E-state index contributed by atoms with van der Waals surface area (Å²) in [7, 11) is 3.18. The predicted octanol–water partition coefficient (Wildman–Crippen LogP) is 2.51. The van der Waals surface area contributed by atoms with Crippen molar-refractivity contribution in [3.63, 3.8) is 0 Å². The van der Waals surface area contributed by atoms with Crippen LogP contribution < -0.4 is 26.2 Å². The van der Waals surface area contributed by atoms with Gasteiger partial charge in [0.25, 0.3) is 11.9 Å². The monoisotopic (exact) mass is 534 g/mol. The number of ether oxygens (including phenoxy) is 2. The number of rotatable bonds is 9. The molecule has 1 unspecified atom stereocenters. The van der Waals surface area contributed by atoms with E-state index in [0.717, 1.165) is 28.4 Å². The molecule has 13 heteroatoms. The summed E-state index contributed by atoms with van der Waals surface area (Å²) in [4.78, 5) is 32.8. The second-order valence-corrected chi connectivity index (χ2v) is 8.13. The van der Waals surface area contributed by atoms with E-state index < -0.39 is 17.7 Å². The van der Waals surface area contributed by atoms with Gasteiger partial charge in [0.15, 0.2) is 17.3 Å². The van der Waals surface area contributed by atoms with Crippen LogP contribution in [0.4, 0.5) is 5.69 Å². The lowest BCUT2D eigenvalue weighted by molar-refractivity contribution is -0.134.